The number of carbonyl (C=O) groups excluding carboxylic acids is 1. The van der Waals surface area contributed by atoms with Gasteiger partial charge in [-0.2, -0.15) is 13.2 Å². The Morgan fingerprint density at radius 1 is 1.15 bits per heavy atom. The number of benzene rings is 2. The van der Waals surface area contributed by atoms with Crippen LogP contribution in [0.25, 0.3) is 0 Å². The van der Waals surface area contributed by atoms with E-state index in [1.54, 1.807) is 11.0 Å². The van der Waals surface area contributed by atoms with Gasteiger partial charge in [0.1, 0.15) is 5.82 Å². The molecule has 3 aromatic rings. The van der Waals surface area contributed by atoms with Crippen molar-refractivity contribution in [3.8, 4) is 0 Å². The van der Waals surface area contributed by atoms with Crippen molar-refractivity contribution < 1.29 is 18.0 Å². The number of hydrogen-bond donors (Lipinski definition) is 2. The predicted molar refractivity (Wildman–Crippen MR) is 118 cm³/mol. The van der Waals surface area contributed by atoms with Crippen LogP contribution in [0.5, 0.6) is 0 Å². The van der Waals surface area contributed by atoms with Crippen molar-refractivity contribution >= 4 is 11.7 Å². The van der Waals surface area contributed by atoms with E-state index in [1.807, 2.05) is 32.0 Å². The predicted octanol–water partition coefficient (Wildman–Crippen LogP) is 4.59. The highest BCUT2D eigenvalue weighted by atomic mass is 19.4. The number of urea groups is 1. The van der Waals surface area contributed by atoms with Gasteiger partial charge >= 0.3 is 12.2 Å². The smallest absolute Gasteiger partial charge is 0.320 e. The van der Waals surface area contributed by atoms with Gasteiger partial charge in [-0.1, -0.05) is 36.4 Å². The number of nitrogens with zero attached hydrogens (tertiary/aromatic N) is 2. The van der Waals surface area contributed by atoms with Crippen LogP contribution in [0.15, 0.2) is 47.3 Å². The summed E-state index contributed by atoms with van der Waals surface area (Å²) in [5.74, 6) is 0.298. The molecule has 2 aromatic carbocycles. The normalized spacial score (nSPS) is 13.5. The molecule has 0 aliphatic carbocycles. The van der Waals surface area contributed by atoms with Gasteiger partial charge in [0.25, 0.3) is 5.56 Å². The molecule has 1 aliphatic rings. The molecule has 0 bridgehead atoms. The van der Waals surface area contributed by atoms with E-state index >= 15 is 0 Å². The summed E-state index contributed by atoms with van der Waals surface area (Å²) in [6.45, 7) is 4.31. The second-order valence-corrected chi connectivity index (χ2v) is 8.18. The molecule has 0 atom stereocenters. The summed E-state index contributed by atoms with van der Waals surface area (Å²) in [6, 6.07) is 10.4. The van der Waals surface area contributed by atoms with Gasteiger partial charge < -0.3 is 15.2 Å². The zero-order valence-electron chi connectivity index (χ0n) is 18.2. The van der Waals surface area contributed by atoms with Crippen molar-refractivity contribution in [3.05, 3.63) is 92.2 Å². The highest BCUT2D eigenvalue weighted by molar-refractivity contribution is 5.91. The van der Waals surface area contributed by atoms with Gasteiger partial charge in [-0.15, -0.1) is 0 Å². The minimum atomic E-state index is -4.44. The summed E-state index contributed by atoms with van der Waals surface area (Å²) < 4.78 is 38.9. The highest BCUT2D eigenvalue weighted by Crippen LogP contribution is 2.30. The quantitative estimate of drug-likeness (QED) is 0.605. The average Bonchev–Trinajstić information content (AvgIpc) is 2.76. The van der Waals surface area contributed by atoms with Crippen molar-refractivity contribution in [3.63, 3.8) is 0 Å². The van der Waals surface area contributed by atoms with Crippen LogP contribution in [0, 0.1) is 13.8 Å². The Balaban J connectivity index is 1.51. The number of H-pyrrole nitrogens is 1. The number of carbonyl (C=O) groups is 1. The van der Waals surface area contributed by atoms with Crippen LogP contribution in [0.2, 0.25) is 0 Å². The number of para-hydroxylation sites is 1. The van der Waals surface area contributed by atoms with Gasteiger partial charge in [0.2, 0.25) is 0 Å². The topological polar surface area (TPSA) is 78.1 Å². The van der Waals surface area contributed by atoms with Crippen molar-refractivity contribution in [1.29, 1.82) is 0 Å². The first kappa shape index (κ1) is 22.6. The fourth-order valence-corrected chi connectivity index (χ4v) is 3.98. The summed E-state index contributed by atoms with van der Waals surface area (Å²) >= 11 is 0. The number of rotatable bonds is 3. The summed E-state index contributed by atoms with van der Waals surface area (Å²) in [6.07, 6.45) is -3.98. The molecule has 1 aliphatic heterocycles. The van der Waals surface area contributed by atoms with E-state index < -0.39 is 11.7 Å². The Morgan fingerprint density at radius 3 is 2.55 bits per heavy atom. The lowest BCUT2D eigenvalue weighted by Crippen LogP contribution is -2.42. The number of fused-ring (bicyclic) bond motifs is 1. The Hall–Kier alpha value is -3.62. The molecule has 0 spiro atoms. The third-order valence-electron chi connectivity index (χ3n) is 5.74. The zero-order valence-corrected chi connectivity index (χ0v) is 18.2. The minimum Gasteiger partial charge on any atom is -0.320 e. The number of amides is 2. The van der Waals surface area contributed by atoms with Crippen LogP contribution in [-0.4, -0.2) is 27.4 Å². The number of nitrogens with one attached hydrogen (secondary N) is 2. The van der Waals surface area contributed by atoms with Crippen LogP contribution < -0.4 is 10.9 Å². The van der Waals surface area contributed by atoms with Crippen LogP contribution in [0.4, 0.5) is 23.7 Å². The molecule has 4 rings (SSSR count). The number of hydrogen-bond acceptors (Lipinski definition) is 3. The highest BCUT2D eigenvalue weighted by Gasteiger charge is 2.30. The maximum absolute atomic E-state index is 13.0. The van der Waals surface area contributed by atoms with Crippen LogP contribution >= 0.6 is 0 Å². The van der Waals surface area contributed by atoms with Gasteiger partial charge in [0, 0.05) is 25.1 Å². The van der Waals surface area contributed by atoms with Gasteiger partial charge in [0.05, 0.1) is 23.4 Å². The molecule has 2 N–H and O–H groups in total. The SMILES string of the molecule is Cc1cccc(C)c1NC(=O)N1CCc2nc(Cc3cccc(C(F)(F)F)c3)[nH]c(=O)c2C1. The third-order valence-corrected chi connectivity index (χ3v) is 5.74. The molecule has 2 heterocycles. The molecule has 2 amide bonds. The first-order valence-corrected chi connectivity index (χ1v) is 10.5. The second kappa shape index (κ2) is 8.73. The van der Waals surface area contributed by atoms with E-state index in [-0.39, 0.29) is 24.6 Å². The lowest BCUT2D eigenvalue weighted by Gasteiger charge is -2.28. The number of anilines is 1. The molecule has 0 radical (unpaired) electrons. The minimum absolute atomic E-state index is 0.0726. The van der Waals surface area contributed by atoms with Gasteiger partial charge in [-0.25, -0.2) is 9.78 Å². The maximum atomic E-state index is 13.0. The molecule has 0 unspecified atom stereocenters. The van der Waals surface area contributed by atoms with Gasteiger partial charge in [0.15, 0.2) is 0 Å². The molecular formula is C24H23F3N4O2. The first-order chi connectivity index (χ1) is 15.6. The molecule has 33 heavy (non-hydrogen) atoms. The van der Waals surface area contributed by atoms with E-state index in [9.17, 15) is 22.8 Å². The average molecular weight is 456 g/mol. The maximum Gasteiger partial charge on any atom is 0.416 e. The molecule has 0 fully saturated rings. The Kier molecular flexibility index (Phi) is 5.97. The van der Waals surface area contributed by atoms with Gasteiger partial charge in [-0.3, -0.25) is 4.79 Å². The summed E-state index contributed by atoms with van der Waals surface area (Å²) in [5.41, 5.74) is 2.87. The van der Waals surface area contributed by atoms with Gasteiger partial charge in [-0.05, 0) is 36.6 Å². The summed E-state index contributed by atoms with van der Waals surface area (Å²) in [4.78, 5) is 34.2. The van der Waals surface area contributed by atoms with Crippen molar-refractivity contribution in [1.82, 2.24) is 14.9 Å². The Labute approximate surface area is 188 Å². The third kappa shape index (κ3) is 4.92. The molecular weight excluding hydrogens is 433 g/mol. The lowest BCUT2D eigenvalue weighted by atomic mass is 10.1. The molecule has 0 saturated heterocycles. The number of aromatic amines is 1. The number of aryl methyl sites for hydroxylation is 2. The second-order valence-electron chi connectivity index (χ2n) is 8.18. The largest absolute Gasteiger partial charge is 0.416 e. The standard InChI is InChI=1S/C24H23F3N4O2/c1-14-5-3-6-15(2)21(14)30-23(33)31-10-9-19-18(13-31)22(32)29-20(28-19)12-16-7-4-8-17(11-16)24(25,26)27/h3-8,11H,9-10,12-13H2,1-2H3,(H,30,33)(H,28,29,32). The van der Waals surface area contributed by atoms with Crippen molar-refractivity contribution in [2.24, 2.45) is 0 Å². The fraction of sp³-hybridized carbons (Fsp3) is 0.292. The first-order valence-electron chi connectivity index (χ1n) is 10.5. The number of alkyl halides is 3. The molecule has 9 heteroatoms. The van der Waals surface area contributed by atoms with E-state index in [1.165, 1.54) is 6.07 Å². The molecule has 172 valence electrons. The monoisotopic (exact) mass is 456 g/mol. The molecule has 1 aromatic heterocycles. The van der Waals surface area contributed by atoms with E-state index in [4.69, 9.17) is 0 Å². The summed E-state index contributed by atoms with van der Waals surface area (Å²) in [7, 11) is 0. The number of aromatic nitrogens is 2. The Morgan fingerprint density at radius 2 is 1.85 bits per heavy atom. The molecule has 6 nitrogen and oxygen atoms in total. The van der Waals surface area contributed by atoms with Crippen molar-refractivity contribution in [2.45, 2.75) is 39.4 Å². The summed E-state index contributed by atoms with van der Waals surface area (Å²) in [5, 5.41) is 2.92. The lowest BCUT2D eigenvalue weighted by molar-refractivity contribution is -0.137. The Bertz CT molecular complexity index is 1250. The van der Waals surface area contributed by atoms with E-state index in [2.05, 4.69) is 15.3 Å². The number of halogens is 3. The van der Waals surface area contributed by atoms with Crippen LogP contribution in [0.1, 0.15) is 39.3 Å². The fourth-order valence-electron chi connectivity index (χ4n) is 3.98. The zero-order chi connectivity index (χ0) is 23.8. The van der Waals surface area contributed by atoms with Crippen LogP contribution in [-0.2, 0) is 25.6 Å². The molecule has 0 saturated carbocycles. The van der Waals surface area contributed by atoms with E-state index in [0.29, 0.717) is 35.6 Å². The van der Waals surface area contributed by atoms with Crippen molar-refractivity contribution in [2.75, 3.05) is 11.9 Å². The van der Waals surface area contributed by atoms with Crippen LogP contribution in [0.3, 0.4) is 0 Å². The van der Waals surface area contributed by atoms with E-state index in [0.717, 1.165) is 28.9 Å².